The molecule has 0 rings (SSSR count). The Morgan fingerprint density at radius 2 is 1.00 bits per heavy atom. The number of allylic oxidation sites excluding steroid dienone is 1. The predicted octanol–water partition coefficient (Wildman–Crippen LogP) is 7.24. The molecule has 3 heteroatoms. The van der Waals surface area contributed by atoms with Crippen molar-refractivity contribution in [1.29, 1.82) is 0 Å². The number of ether oxygens (including phenoxy) is 1. The largest absolute Gasteiger partial charge is 0.381 e. The molecule has 0 unspecified atom stereocenters. The van der Waals surface area contributed by atoms with Gasteiger partial charge in [0.2, 0.25) is 0 Å². The zero-order valence-corrected chi connectivity index (χ0v) is 16.0. The van der Waals surface area contributed by atoms with E-state index in [0.29, 0.717) is 0 Å². The minimum Gasteiger partial charge on any atom is -0.381 e. The van der Waals surface area contributed by atoms with Crippen LogP contribution in [0.2, 0.25) is 0 Å². The molecule has 0 radical (unpaired) electrons. The topological polar surface area (TPSA) is 79.2 Å². The third kappa shape index (κ3) is 36.7. The smallest absolute Gasteiger partial charge is 0.0466 e. The minimum atomic E-state index is 0. The Balaban J connectivity index is -0.000000297. The van der Waals surface area contributed by atoms with E-state index in [-0.39, 0.29) is 12.3 Å². The van der Waals surface area contributed by atoms with Crippen molar-refractivity contribution in [2.75, 3.05) is 13.2 Å². The fraction of sp³-hybridized carbons (Fsp3) is 0.895. The summed E-state index contributed by atoms with van der Waals surface area (Å²) >= 11 is 0. The van der Waals surface area contributed by atoms with E-state index in [9.17, 15) is 0 Å². The van der Waals surface area contributed by atoms with Crippen molar-refractivity contribution < 1.29 is 4.74 Å². The quantitative estimate of drug-likeness (QED) is 0.261. The van der Waals surface area contributed by atoms with Gasteiger partial charge in [0.05, 0.1) is 0 Å². The average molecular weight is 319 g/mol. The van der Waals surface area contributed by atoms with E-state index in [4.69, 9.17) is 4.74 Å². The molecule has 0 heterocycles. The molecule has 0 aliphatic carbocycles. The van der Waals surface area contributed by atoms with E-state index in [1.165, 1.54) is 70.6 Å². The summed E-state index contributed by atoms with van der Waals surface area (Å²) in [6, 6.07) is 0. The van der Waals surface area contributed by atoms with Crippen LogP contribution in [0.4, 0.5) is 0 Å². The van der Waals surface area contributed by atoms with Gasteiger partial charge in [-0.05, 0) is 19.8 Å². The lowest BCUT2D eigenvalue weighted by atomic mass is 10.1. The maximum atomic E-state index is 5.47. The van der Waals surface area contributed by atoms with E-state index in [0.717, 1.165) is 19.6 Å². The minimum absolute atomic E-state index is 0. The molecule has 0 spiro atoms. The number of hydrogen-bond acceptors (Lipinski definition) is 3. The van der Waals surface area contributed by atoms with Crippen LogP contribution in [-0.2, 0) is 4.74 Å². The lowest BCUT2D eigenvalue weighted by Gasteiger charge is -2.03. The van der Waals surface area contributed by atoms with Crippen LogP contribution in [0.5, 0.6) is 0 Å². The molecule has 22 heavy (non-hydrogen) atoms. The van der Waals surface area contributed by atoms with Crippen LogP contribution < -0.4 is 12.3 Å². The Bertz CT molecular complexity index is 150. The summed E-state index contributed by atoms with van der Waals surface area (Å²) in [7, 11) is 0. The van der Waals surface area contributed by atoms with Crippen molar-refractivity contribution >= 4 is 0 Å². The van der Waals surface area contributed by atoms with Gasteiger partial charge in [-0.3, -0.25) is 0 Å². The standard InChI is InChI=1S/C16H34O.C3H6.2H3N/c1-3-5-6-7-8-9-10-11-12-13-14-16-17-15-4-2;1-3-2;;/h3-16H2,1-2H3;3H,1H2,2H3;2*1H3. The summed E-state index contributed by atoms with van der Waals surface area (Å²) in [4.78, 5) is 0. The van der Waals surface area contributed by atoms with Crippen LogP contribution in [0, 0.1) is 0 Å². The maximum Gasteiger partial charge on any atom is 0.0466 e. The summed E-state index contributed by atoms with van der Waals surface area (Å²) in [5, 5.41) is 0. The van der Waals surface area contributed by atoms with Gasteiger partial charge in [-0.25, -0.2) is 0 Å². The summed E-state index contributed by atoms with van der Waals surface area (Å²) in [5.74, 6) is 0. The second-order valence-corrected chi connectivity index (χ2v) is 5.56. The van der Waals surface area contributed by atoms with Gasteiger partial charge in [-0.1, -0.05) is 84.1 Å². The second kappa shape index (κ2) is 32.5. The first kappa shape index (κ1) is 29.6. The predicted molar refractivity (Wildman–Crippen MR) is 103 cm³/mol. The second-order valence-electron chi connectivity index (χ2n) is 5.56. The third-order valence-corrected chi connectivity index (χ3v) is 3.24. The molecule has 0 saturated heterocycles. The van der Waals surface area contributed by atoms with E-state index in [1.54, 1.807) is 6.08 Å². The number of hydrogen-bond donors (Lipinski definition) is 2. The van der Waals surface area contributed by atoms with Crippen molar-refractivity contribution in [3.05, 3.63) is 12.7 Å². The highest BCUT2D eigenvalue weighted by molar-refractivity contribution is 4.51. The van der Waals surface area contributed by atoms with E-state index in [2.05, 4.69) is 20.4 Å². The van der Waals surface area contributed by atoms with Gasteiger partial charge in [0.25, 0.3) is 0 Å². The summed E-state index contributed by atoms with van der Waals surface area (Å²) < 4.78 is 5.47. The molecule has 3 nitrogen and oxygen atoms in total. The third-order valence-electron chi connectivity index (χ3n) is 3.24. The average Bonchev–Trinajstić information content (AvgIpc) is 2.45. The highest BCUT2D eigenvalue weighted by Crippen LogP contribution is 2.11. The molecule has 0 fully saturated rings. The van der Waals surface area contributed by atoms with E-state index < -0.39 is 0 Å². The molecular weight excluding hydrogens is 272 g/mol. The van der Waals surface area contributed by atoms with Crippen molar-refractivity contribution in [3.63, 3.8) is 0 Å². The zero-order chi connectivity index (χ0) is 15.3. The van der Waals surface area contributed by atoms with Gasteiger partial charge in [0, 0.05) is 13.2 Å². The maximum absolute atomic E-state index is 5.47. The Morgan fingerprint density at radius 1 is 0.636 bits per heavy atom. The molecule has 138 valence electrons. The van der Waals surface area contributed by atoms with Gasteiger partial charge < -0.3 is 17.0 Å². The summed E-state index contributed by atoms with van der Waals surface area (Å²) in [6.07, 6.45) is 18.4. The SMILES string of the molecule is C=CC.CCCCCCCCCCCCCOCCC.N.N. The van der Waals surface area contributed by atoms with Crippen LogP contribution in [0.25, 0.3) is 0 Å². The number of rotatable bonds is 14. The van der Waals surface area contributed by atoms with Crippen molar-refractivity contribution in [1.82, 2.24) is 12.3 Å². The van der Waals surface area contributed by atoms with Crippen molar-refractivity contribution in [2.45, 2.75) is 97.8 Å². The first-order valence-electron chi connectivity index (χ1n) is 8.98. The van der Waals surface area contributed by atoms with E-state index in [1.807, 2.05) is 6.92 Å². The summed E-state index contributed by atoms with van der Waals surface area (Å²) in [5.41, 5.74) is 0. The molecule has 0 saturated carbocycles. The molecule has 0 aliphatic heterocycles. The Labute approximate surface area is 141 Å². The zero-order valence-electron chi connectivity index (χ0n) is 16.0. The molecule has 0 aromatic rings. The van der Waals surface area contributed by atoms with Gasteiger partial charge in [0.1, 0.15) is 0 Å². The molecule has 0 aliphatic rings. The lowest BCUT2D eigenvalue weighted by molar-refractivity contribution is 0.130. The molecule has 0 amide bonds. The van der Waals surface area contributed by atoms with Crippen LogP contribution in [0.1, 0.15) is 97.8 Å². The highest BCUT2D eigenvalue weighted by Gasteiger charge is 1.93. The van der Waals surface area contributed by atoms with Crippen LogP contribution in [0.15, 0.2) is 12.7 Å². The lowest BCUT2D eigenvalue weighted by Crippen LogP contribution is -1.95. The Hall–Kier alpha value is -0.380. The van der Waals surface area contributed by atoms with Gasteiger partial charge >= 0.3 is 0 Å². The van der Waals surface area contributed by atoms with Crippen LogP contribution >= 0.6 is 0 Å². The molecule has 0 aromatic heterocycles. The summed E-state index contributed by atoms with van der Waals surface area (Å²) in [6.45, 7) is 11.6. The van der Waals surface area contributed by atoms with Crippen LogP contribution in [0.3, 0.4) is 0 Å². The first-order chi connectivity index (χ1) is 9.83. The van der Waals surface area contributed by atoms with Crippen LogP contribution in [-0.4, -0.2) is 13.2 Å². The van der Waals surface area contributed by atoms with Gasteiger partial charge in [0.15, 0.2) is 0 Å². The van der Waals surface area contributed by atoms with Crippen molar-refractivity contribution in [2.24, 2.45) is 0 Å². The van der Waals surface area contributed by atoms with E-state index >= 15 is 0 Å². The normalized spacial score (nSPS) is 9.05. The molecule has 6 N–H and O–H groups in total. The Morgan fingerprint density at radius 3 is 1.36 bits per heavy atom. The monoisotopic (exact) mass is 318 g/mol. The number of unbranched alkanes of at least 4 members (excludes halogenated alkanes) is 10. The Kier molecular flexibility index (Phi) is 43.8. The fourth-order valence-electron chi connectivity index (χ4n) is 2.11. The molecule has 0 atom stereocenters. The first-order valence-corrected chi connectivity index (χ1v) is 8.98. The van der Waals surface area contributed by atoms with Crippen molar-refractivity contribution in [3.8, 4) is 0 Å². The fourth-order valence-corrected chi connectivity index (χ4v) is 2.11. The highest BCUT2D eigenvalue weighted by atomic mass is 16.5. The van der Waals surface area contributed by atoms with Gasteiger partial charge in [-0.15, -0.1) is 6.58 Å². The molecule has 0 aromatic carbocycles. The van der Waals surface area contributed by atoms with Gasteiger partial charge in [-0.2, -0.15) is 0 Å². The molecule has 0 bridgehead atoms. The molecular formula is C19H46N2O.